The van der Waals surface area contributed by atoms with E-state index in [1.54, 1.807) is 18.2 Å². The van der Waals surface area contributed by atoms with Gasteiger partial charge in [0.05, 0.1) is 10.7 Å². The number of nitrogens with one attached hydrogen (secondary N) is 1. The topological polar surface area (TPSA) is 49.3 Å². The van der Waals surface area contributed by atoms with Crippen LogP contribution in [0.15, 0.2) is 18.2 Å². The number of carboxylic acid groups (broad SMARTS) is 1. The van der Waals surface area contributed by atoms with Gasteiger partial charge in [-0.05, 0) is 55.6 Å². The van der Waals surface area contributed by atoms with E-state index < -0.39 is 5.97 Å². The first-order chi connectivity index (χ1) is 9.16. The average molecular weight is 280 g/mol. The summed E-state index contributed by atoms with van der Waals surface area (Å²) in [6.45, 7) is 0.871. The van der Waals surface area contributed by atoms with Crippen molar-refractivity contribution in [3.8, 4) is 0 Å². The summed E-state index contributed by atoms with van der Waals surface area (Å²) < 4.78 is 0. The zero-order valence-corrected chi connectivity index (χ0v) is 11.5. The molecule has 0 radical (unpaired) electrons. The largest absolute Gasteiger partial charge is 0.478 e. The number of carboxylic acids is 1. The lowest BCUT2D eigenvalue weighted by Gasteiger charge is -2.18. The highest BCUT2D eigenvalue weighted by molar-refractivity contribution is 6.34. The maximum absolute atomic E-state index is 11.3. The van der Waals surface area contributed by atoms with Gasteiger partial charge in [-0.15, -0.1) is 0 Å². The highest BCUT2D eigenvalue weighted by atomic mass is 35.5. The molecule has 0 saturated heterocycles. The minimum atomic E-state index is -0.970. The van der Waals surface area contributed by atoms with E-state index in [9.17, 15) is 9.90 Å². The zero-order chi connectivity index (χ0) is 13.4. The Morgan fingerprint density at radius 1 is 1.32 bits per heavy atom. The van der Waals surface area contributed by atoms with Gasteiger partial charge in [-0.3, -0.25) is 0 Å². The summed E-state index contributed by atoms with van der Waals surface area (Å²) in [5, 5.41) is 12.8. The zero-order valence-electron chi connectivity index (χ0n) is 10.7. The molecule has 3 rings (SSSR count). The number of aromatic carboxylic acids is 1. The van der Waals surface area contributed by atoms with Crippen molar-refractivity contribution >= 4 is 23.3 Å². The molecule has 3 nitrogen and oxygen atoms in total. The van der Waals surface area contributed by atoms with Gasteiger partial charge in [-0.1, -0.05) is 17.7 Å². The summed E-state index contributed by atoms with van der Waals surface area (Å²) in [4.78, 5) is 11.3. The predicted octanol–water partition coefficient (Wildman–Crippen LogP) is 3.89. The molecule has 0 unspecified atom stereocenters. The van der Waals surface area contributed by atoms with Crippen LogP contribution in [0.5, 0.6) is 0 Å². The standard InChI is InChI=1S/C15H18ClNO2/c16-12-2-1-3-13(14(12)15(18)19)17-8-11(9-4-5-9)10-6-7-10/h1-3,9-11,17H,4-8H2,(H,18,19). The summed E-state index contributed by atoms with van der Waals surface area (Å²) in [5.41, 5.74) is 0.834. The molecule has 0 heterocycles. The number of hydrogen-bond acceptors (Lipinski definition) is 2. The molecule has 2 aliphatic rings. The fraction of sp³-hybridized carbons (Fsp3) is 0.533. The van der Waals surface area contributed by atoms with Crippen LogP contribution in [-0.2, 0) is 0 Å². The molecule has 2 N–H and O–H groups in total. The first-order valence-electron chi connectivity index (χ1n) is 6.92. The predicted molar refractivity (Wildman–Crippen MR) is 75.8 cm³/mol. The molecule has 2 saturated carbocycles. The van der Waals surface area contributed by atoms with E-state index in [4.69, 9.17) is 11.6 Å². The fourth-order valence-electron chi connectivity index (χ4n) is 2.88. The SMILES string of the molecule is O=C(O)c1c(Cl)cccc1NCC(C1CC1)C1CC1. The lowest BCUT2D eigenvalue weighted by Crippen LogP contribution is -2.19. The highest BCUT2D eigenvalue weighted by Crippen LogP contribution is 2.49. The fourth-order valence-corrected chi connectivity index (χ4v) is 3.14. The smallest absolute Gasteiger partial charge is 0.339 e. The van der Waals surface area contributed by atoms with Crippen LogP contribution in [0.2, 0.25) is 5.02 Å². The molecule has 102 valence electrons. The third-order valence-electron chi connectivity index (χ3n) is 4.21. The minimum Gasteiger partial charge on any atom is -0.478 e. The summed E-state index contributed by atoms with van der Waals surface area (Å²) in [7, 11) is 0. The van der Waals surface area contributed by atoms with Crippen molar-refractivity contribution in [3.05, 3.63) is 28.8 Å². The quantitative estimate of drug-likeness (QED) is 0.831. The van der Waals surface area contributed by atoms with Crippen molar-refractivity contribution in [2.45, 2.75) is 25.7 Å². The molecule has 0 atom stereocenters. The van der Waals surface area contributed by atoms with Gasteiger partial charge in [-0.2, -0.15) is 0 Å². The Labute approximate surface area is 118 Å². The van der Waals surface area contributed by atoms with Crippen molar-refractivity contribution in [1.29, 1.82) is 0 Å². The van der Waals surface area contributed by atoms with Gasteiger partial charge in [0.1, 0.15) is 5.56 Å². The summed E-state index contributed by atoms with van der Waals surface area (Å²) in [6.07, 6.45) is 5.35. The molecular weight excluding hydrogens is 262 g/mol. The molecule has 0 aliphatic heterocycles. The number of carbonyl (C=O) groups is 1. The van der Waals surface area contributed by atoms with Crippen LogP contribution in [0.1, 0.15) is 36.0 Å². The molecule has 0 aromatic heterocycles. The third kappa shape index (κ3) is 2.86. The molecule has 2 fully saturated rings. The number of hydrogen-bond donors (Lipinski definition) is 2. The van der Waals surface area contributed by atoms with Crippen LogP contribution in [-0.4, -0.2) is 17.6 Å². The van der Waals surface area contributed by atoms with Crippen LogP contribution in [0.4, 0.5) is 5.69 Å². The van der Waals surface area contributed by atoms with Crippen molar-refractivity contribution < 1.29 is 9.90 Å². The van der Waals surface area contributed by atoms with Gasteiger partial charge in [0.2, 0.25) is 0 Å². The third-order valence-corrected chi connectivity index (χ3v) is 4.53. The van der Waals surface area contributed by atoms with E-state index in [-0.39, 0.29) is 5.56 Å². The van der Waals surface area contributed by atoms with E-state index in [1.807, 2.05) is 0 Å². The van der Waals surface area contributed by atoms with Gasteiger partial charge in [0, 0.05) is 6.54 Å². The number of benzene rings is 1. The average Bonchev–Trinajstić information content (AvgIpc) is 3.23. The van der Waals surface area contributed by atoms with Crippen molar-refractivity contribution in [2.75, 3.05) is 11.9 Å². The number of anilines is 1. The lowest BCUT2D eigenvalue weighted by atomic mass is 9.97. The monoisotopic (exact) mass is 279 g/mol. The Morgan fingerprint density at radius 3 is 2.47 bits per heavy atom. The molecule has 4 heteroatoms. The van der Waals surface area contributed by atoms with E-state index in [0.717, 1.165) is 18.4 Å². The summed E-state index contributed by atoms with van der Waals surface area (Å²) in [5.74, 6) is 1.45. The van der Waals surface area contributed by atoms with Gasteiger partial charge >= 0.3 is 5.97 Å². The Balaban J connectivity index is 1.72. The van der Waals surface area contributed by atoms with Crippen LogP contribution in [0, 0.1) is 17.8 Å². The molecule has 19 heavy (non-hydrogen) atoms. The van der Waals surface area contributed by atoms with Crippen LogP contribution < -0.4 is 5.32 Å². The van der Waals surface area contributed by atoms with E-state index in [1.165, 1.54) is 25.7 Å². The Hall–Kier alpha value is -1.22. The van der Waals surface area contributed by atoms with Gasteiger partial charge in [0.15, 0.2) is 0 Å². The van der Waals surface area contributed by atoms with Gasteiger partial charge in [-0.25, -0.2) is 4.79 Å². The first-order valence-corrected chi connectivity index (χ1v) is 7.30. The van der Waals surface area contributed by atoms with Crippen LogP contribution in [0.3, 0.4) is 0 Å². The maximum Gasteiger partial charge on any atom is 0.339 e. The van der Waals surface area contributed by atoms with Gasteiger partial charge in [0.25, 0.3) is 0 Å². The molecule has 0 amide bonds. The summed E-state index contributed by atoms with van der Waals surface area (Å²) >= 11 is 5.97. The second-order valence-electron chi connectivity index (χ2n) is 5.69. The van der Waals surface area contributed by atoms with Gasteiger partial charge < -0.3 is 10.4 Å². The molecular formula is C15H18ClNO2. The molecule has 0 bridgehead atoms. The highest BCUT2D eigenvalue weighted by Gasteiger charge is 2.41. The van der Waals surface area contributed by atoms with E-state index in [2.05, 4.69) is 5.32 Å². The van der Waals surface area contributed by atoms with Crippen molar-refractivity contribution in [2.24, 2.45) is 17.8 Å². The lowest BCUT2D eigenvalue weighted by molar-refractivity contribution is 0.0698. The maximum atomic E-state index is 11.3. The second kappa shape index (κ2) is 5.04. The minimum absolute atomic E-state index is 0.189. The second-order valence-corrected chi connectivity index (χ2v) is 6.09. The normalized spacial score (nSPS) is 18.6. The summed E-state index contributed by atoms with van der Waals surface area (Å²) in [6, 6.07) is 5.21. The molecule has 1 aromatic rings. The van der Waals surface area contributed by atoms with Crippen LogP contribution >= 0.6 is 11.6 Å². The Morgan fingerprint density at radius 2 is 1.95 bits per heavy atom. The molecule has 0 spiro atoms. The molecule has 1 aromatic carbocycles. The molecule has 2 aliphatic carbocycles. The van der Waals surface area contributed by atoms with Crippen molar-refractivity contribution in [1.82, 2.24) is 0 Å². The Kier molecular flexibility index (Phi) is 3.40. The van der Waals surface area contributed by atoms with E-state index >= 15 is 0 Å². The number of rotatable bonds is 6. The van der Waals surface area contributed by atoms with Crippen LogP contribution in [0.25, 0.3) is 0 Å². The first kappa shape index (κ1) is 12.8. The number of halogens is 1. The van der Waals surface area contributed by atoms with Crippen molar-refractivity contribution in [3.63, 3.8) is 0 Å². The Bertz CT molecular complexity index is 483. The van der Waals surface area contributed by atoms with E-state index in [0.29, 0.717) is 16.6 Å².